The highest BCUT2D eigenvalue weighted by Gasteiger charge is 2.36. The molecule has 1 aliphatic heterocycles. The van der Waals surface area contributed by atoms with Gasteiger partial charge in [0, 0.05) is 12.1 Å². The number of Topliss-reactive ketones (excluding diaryl/α,β-unsaturated/α-hetero) is 1. The lowest BCUT2D eigenvalue weighted by Crippen LogP contribution is -2.25. The number of hydrogen-bond acceptors (Lipinski definition) is 3. The number of ketones is 1. The molecule has 0 radical (unpaired) electrons. The zero-order chi connectivity index (χ0) is 14.6. The molecule has 1 saturated heterocycles. The fourth-order valence-electron chi connectivity index (χ4n) is 2.17. The third-order valence-corrected chi connectivity index (χ3v) is 3.42. The number of ether oxygens (including phenoxy) is 1. The largest absolute Gasteiger partial charge is 0.492 e. The maximum Gasteiger partial charge on any atom is 0.384 e. The predicted molar refractivity (Wildman–Crippen MR) is 72.7 cm³/mol. The molecule has 6 heteroatoms. The van der Waals surface area contributed by atoms with Crippen LogP contribution in [0, 0.1) is 0 Å². The van der Waals surface area contributed by atoms with Gasteiger partial charge in [-0.1, -0.05) is 0 Å². The maximum atomic E-state index is 12.7. The van der Waals surface area contributed by atoms with E-state index in [0.717, 1.165) is 19.6 Å². The first-order valence-electron chi connectivity index (χ1n) is 6.53. The van der Waals surface area contributed by atoms with E-state index in [1.807, 2.05) is 0 Å². The van der Waals surface area contributed by atoms with E-state index in [9.17, 15) is 13.6 Å². The van der Waals surface area contributed by atoms with Crippen LogP contribution in [0.5, 0.6) is 5.75 Å². The van der Waals surface area contributed by atoms with Crippen LogP contribution in [0.25, 0.3) is 0 Å². The van der Waals surface area contributed by atoms with Gasteiger partial charge in [-0.05, 0) is 61.8 Å². The first kappa shape index (κ1) is 15.2. The summed E-state index contributed by atoms with van der Waals surface area (Å²) in [6.07, 6.45) is 2.45. The lowest BCUT2D eigenvalue weighted by atomic mass is 10.1. The summed E-state index contributed by atoms with van der Waals surface area (Å²) in [7, 11) is 0. The molecule has 0 unspecified atom stereocenters. The predicted octanol–water partition coefficient (Wildman–Crippen LogP) is 3.18. The van der Waals surface area contributed by atoms with E-state index in [1.54, 1.807) is 0 Å². The van der Waals surface area contributed by atoms with Crippen LogP contribution in [-0.2, 0) is 0 Å². The van der Waals surface area contributed by atoms with Gasteiger partial charge in [-0.2, -0.15) is 8.78 Å². The number of hydrogen-bond donors (Lipinski definition) is 0. The quantitative estimate of drug-likeness (QED) is 0.597. The van der Waals surface area contributed by atoms with Gasteiger partial charge in [0.15, 0.2) is 0 Å². The van der Waals surface area contributed by atoms with Crippen LogP contribution in [-0.4, -0.2) is 42.3 Å². The number of benzene rings is 1. The normalized spacial score (nSPS) is 16.4. The van der Waals surface area contributed by atoms with Crippen LogP contribution in [0.4, 0.5) is 8.78 Å². The monoisotopic (exact) mass is 303 g/mol. The number of carbonyl (C=O) groups is 1. The molecule has 1 aliphatic rings. The number of halogens is 3. The van der Waals surface area contributed by atoms with Crippen LogP contribution in [0.3, 0.4) is 0 Å². The van der Waals surface area contributed by atoms with Gasteiger partial charge in [-0.25, -0.2) is 0 Å². The van der Waals surface area contributed by atoms with Crippen molar-refractivity contribution in [2.24, 2.45) is 0 Å². The van der Waals surface area contributed by atoms with E-state index in [-0.39, 0.29) is 5.56 Å². The minimum absolute atomic E-state index is 0.128. The number of carbonyl (C=O) groups excluding carboxylic acids is 1. The fraction of sp³-hybridized carbons (Fsp3) is 0.500. The van der Waals surface area contributed by atoms with Crippen molar-refractivity contribution in [3.8, 4) is 5.75 Å². The highest BCUT2D eigenvalue weighted by molar-refractivity contribution is 6.35. The molecule has 1 aromatic carbocycles. The van der Waals surface area contributed by atoms with Crippen LogP contribution < -0.4 is 4.74 Å². The van der Waals surface area contributed by atoms with Crippen molar-refractivity contribution in [3.63, 3.8) is 0 Å². The van der Waals surface area contributed by atoms with E-state index < -0.39 is 11.2 Å². The Labute approximate surface area is 121 Å². The Morgan fingerprint density at radius 2 is 1.85 bits per heavy atom. The molecule has 0 saturated carbocycles. The van der Waals surface area contributed by atoms with Gasteiger partial charge in [0.05, 0.1) is 0 Å². The van der Waals surface area contributed by atoms with Gasteiger partial charge in [0.2, 0.25) is 5.78 Å². The molecule has 0 N–H and O–H groups in total. The van der Waals surface area contributed by atoms with Gasteiger partial charge >= 0.3 is 5.38 Å². The van der Waals surface area contributed by atoms with Gasteiger partial charge in [0.25, 0.3) is 0 Å². The minimum atomic E-state index is -3.86. The summed E-state index contributed by atoms with van der Waals surface area (Å²) < 4.78 is 30.8. The van der Waals surface area contributed by atoms with Gasteiger partial charge < -0.3 is 4.74 Å². The fourth-order valence-corrected chi connectivity index (χ4v) is 2.27. The van der Waals surface area contributed by atoms with Crippen molar-refractivity contribution in [2.45, 2.75) is 18.2 Å². The standard InChI is InChI=1S/C14H16ClF2NO2/c15-14(16,17)13(19)11-3-5-12(6-4-11)20-10-9-18-7-1-2-8-18/h3-6H,1-2,7-10H2. The van der Waals surface area contributed by atoms with E-state index in [1.165, 1.54) is 37.1 Å². The van der Waals surface area contributed by atoms with Crippen molar-refractivity contribution in [1.82, 2.24) is 4.90 Å². The van der Waals surface area contributed by atoms with E-state index in [0.29, 0.717) is 12.4 Å². The molecule has 0 aliphatic carbocycles. The molecular formula is C14H16ClF2NO2. The SMILES string of the molecule is O=C(c1ccc(OCCN2CCCC2)cc1)C(F)(F)Cl. The molecule has 0 bridgehead atoms. The molecule has 3 nitrogen and oxygen atoms in total. The highest BCUT2D eigenvalue weighted by Crippen LogP contribution is 2.25. The summed E-state index contributed by atoms with van der Waals surface area (Å²) in [4.78, 5) is 13.5. The number of nitrogens with zero attached hydrogens (tertiary/aromatic N) is 1. The summed E-state index contributed by atoms with van der Waals surface area (Å²) in [6, 6.07) is 5.59. The van der Waals surface area contributed by atoms with Gasteiger partial charge in [-0.3, -0.25) is 9.69 Å². The Hall–Kier alpha value is -1.20. The third kappa shape index (κ3) is 4.15. The summed E-state index contributed by atoms with van der Waals surface area (Å²) in [6.45, 7) is 3.59. The van der Waals surface area contributed by atoms with Crippen LogP contribution in [0.15, 0.2) is 24.3 Å². The first-order valence-corrected chi connectivity index (χ1v) is 6.91. The summed E-state index contributed by atoms with van der Waals surface area (Å²) in [5, 5.41) is -3.86. The molecular weight excluding hydrogens is 288 g/mol. The van der Waals surface area contributed by atoms with E-state index in [2.05, 4.69) is 4.90 Å². The second-order valence-electron chi connectivity index (χ2n) is 4.75. The van der Waals surface area contributed by atoms with Gasteiger partial charge in [-0.15, -0.1) is 0 Å². The Bertz CT molecular complexity index is 453. The highest BCUT2D eigenvalue weighted by atomic mass is 35.5. The van der Waals surface area contributed by atoms with Gasteiger partial charge in [0.1, 0.15) is 12.4 Å². The molecule has 0 spiro atoms. The van der Waals surface area contributed by atoms with Crippen molar-refractivity contribution in [2.75, 3.05) is 26.2 Å². The molecule has 0 aromatic heterocycles. The van der Waals surface area contributed by atoms with E-state index in [4.69, 9.17) is 16.3 Å². The second kappa shape index (κ2) is 6.50. The minimum Gasteiger partial charge on any atom is -0.492 e. The third-order valence-electron chi connectivity index (χ3n) is 3.25. The molecule has 1 aromatic rings. The Balaban J connectivity index is 1.83. The second-order valence-corrected chi connectivity index (χ2v) is 5.22. The number of rotatable bonds is 6. The average Bonchev–Trinajstić information content (AvgIpc) is 2.91. The Morgan fingerprint density at radius 1 is 1.25 bits per heavy atom. The Kier molecular flexibility index (Phi) is 4.94. The van der Waals surface area contributed by atoms with Crippen molar-refractivity contribution in [3.05, 3.63) is 29.8 Å². The van der Waals surface area contributed by atoms with Crippen molar-refractivity contribution >= 4 is 17.4 Å². The molecule has 2 rings (SSSR count). The van der Waals surface area contributed by atoms with Crippen LogP contribution >= 0.6 is 11.6 Å². The topological polar surface area (TPSA) is 29.5 Å². The maximum absolute atomic E-state index is 12.7. The number of likely N-dealkylation sites (tertiary alicyclic amines) is 1. The van der Waals surface area contributed by atoms with Crippen molar-refractivity contribution in [1.29, 1.82) is 0 Å². The zero-order valence-corrected chi connectivity index (χ0v) is 11.7. The average molecular weight is 304 g/mol. The van der Waals surface area contributed by atoms with Crippen LogP contribution in [0.1, 0.15) is 23.2 Å². The molecule has 1 heterocycles. The summed E-state index contributed by atoms with van der Waals surface area (Å²) >= 11 is 4.69. The molecule has 110 valence electrons. The lowest BCUT2D eigenvalue weighted by Gasteiger charge is -2.15. The molecule has 20 heavy (non-hydrogen) atoms. The van der Waals surface area contributed by atoms with E-state index >= 15 is 0 Å². The molecule has 0 amide bonds. The summed E-state index contributed by atoms with van der Waals surface area (Å²) in [5.41, 5.74) is -0.128. The summed E-state index contributed by atoms with van der Waals surface area (Å²) in [5.74, 6) is -0.846. The first-order chi connectivity index (χ1) is 9.47. The molecule has 1 fully saturated rings. The zero-order valence-electron chi connectivity index (χ0n) is 10.9. The van der Waals surface area contributed by atoms with Crippen LogP contribution in [0.2, 0.25) is 0 Å². The number of alkyl halides is 3. The smallest absolute Gasteiger partial charge is 0.384 e. The lowest BCUT2D eigenvalue weighted by molar-refractivity contribution is 0.0536. The van der Waals surface area contributed by atoms with Crippen molar-refractivity contribution < 1.29 is 18.3 Å². The Morgan fingerprint density at radius 3 is 2.40 bits per heavy atom. The molecule has 0 atom stereocenters.